The molecule has 0 atom stereocenters. The Morgan fingerprint density at radius 1 is 0.629 bits per heavy atom. The van der Waals surface area contributed by atoms with E-state index in [-0.39, 0.29) is 0 Å². The highest BCUT2D eigenvalue weighted by molar-refractivity contribution is 6.20. The number of pyridine rings is 3. The fourth-order valence-corrected chi connectivity index (χ4v) is 6.52. The molecular formula is C31H18N4. The molecule has 162 valence electrons. The zero-order chi connectivity index (χ0) is 22.7. The normalized spacial score (nSPS) is 13.5. The summed E-state index contributed by atoms with van der Waals surface area (Å²) in [5, 5.41) is 3.58. The number of nitrogens with zero attached hydrogens (tertiary/aromatic N) is 4. The van der Waals surface area contributed by atoms with E-state index < -0.39 is 0 Å². The molecule has 0 fully saturated rings. The predicted molar refractivity (Wildman–Crippen MR) is 140 cm³/mol. The number of benzene rings is 3. The number of imidazole rings is 1. The summed E-state index contributed by atoms with van der Waals surface area (Å²) in [5.41, 5.74) is 15.2. The van der Waals surface area contributed by atoms with Crippen molar-refractivity contribution in [3.63, 3.8) is 0 Å². The molecule has 4 heteroatoms. The van der Waals surface area contributed by atoms with Gasteiger partial charge in [-0.1, -0.05) is 42.5 Å². The van der Waals surface area contributed by atoms with Crippen molar-refractivity contribution in [2.24, 2.45) is 0 Å². The molecule has 7 aromatic rings. The van der Waals surface area contributed by atoms with Gasteiger partial charge in [-0.2, -0.15) is 0 Å². The van der Waals surface area contributed by atoms with E-state index in [1.165, 1.54) is 49.9 Å². The maximum atomic E-state index is 5.04. The smallest absolute Gasteiger partial charge is 0.146 e. The monoisotopic (exact) mass is 446 g/mol. The third-order valence-electron chi connectivity index (χ3n) is 7.97. The lowest BCUT2D eigenvalue weighted by atomic mass is 9.93. The summed E-state index contributed by atoms with van der Waals surface area (Å²) in [6.07, 6.45) is 9.58. The van der Waals surface area contributed by atoms with E-state index in [1.54, 1.807) is 0 Å². The summed E-state index contributed by atoms with van der Waals surface area (Å²) >= 11 is 0. The first-order valence-electron chi connectivity index (χ1n) is 12.0. The molecule has 0 spiro atoms. The van der Waals surface area contributed by atoms with Gasteiger partial charge in [-0.05, 0) is 75.5 Å². The van der Waals surface area contributed by atoms with Gasteiger partial charge >= 0.3 is 0 Å². The molecule has 4 aromatic heterocycles. The number of rotatable bonds is 0. The van der Waals surface area contributed by atoms with Crippen LogP contribution in [0.2, 0.25) is 0 Å². The van der Waals surface area contributed by atoms with Gasteiger partial charge in [-0.15, -0.1) is 0 Å². The molecular weight excluding hydrogens is 428 g/mol. The molecule has 9 rings (SSSR count). The maximum Gasteiger partial charge on any atom is 0.146 e. The molecule has 0 radical (unpaired) electrons. The van der Waals surface area contributed by atoms with E-state index in [0.29, 0.717) is 0 Å². The summed E-state index contributed by atoms with van der Waals surface area (Å²) in [7, 11) is 0. The molecule has 4 heterocycles. The lowest BCUT2D eigenvalue weighted by Gasteiger charge is -2.13. The summed E-state index contributed by atoms with van der Waals surface area (Å²) < 4.78 is 2.26. The maximum absolute atomic E-state index is 5.04. The fraction of sp³-hybridized carbons (Fsp3) is 0.0645. The van der Waals surface area contributed by atoms with Crippen LogP contribution < -0.4 is 0 Å². The first kappa shape index (κ1) is 17.8. The Balaban J connectivity index is 1.46. The third kappa shape index (κ3) is 2.15. The van der Waals surface area contributed by atoms with Crippen molar-refractivity contribution in [3.05, 3.63) is 108 Å². The lowest BCUT2D eigenvalue weighted by molar-refractivity contribution is 1.21. The SMILES string of the molecule is c1ccc2c(c1)Cc1cc3c(cc1-2)-c1c(ccc2c1c1cnccc1n1c4ccncc4nc21)C3. The highest BCUT2D eigenvalue weighted by Gasteiger charge is 2.28. The average molecular weight is 447 g/mol. The molecule has 0 N–H and O–H groups in total. The largest absolute Gasteiger partial charge is 0.291 e. The van der Waals surface area contributed by atoms with Crippen LogP contribution in [0.4, 0.5) is 0 Å². The number of hydrogen-bond donors (Lipinski definition) is 0. The van der Waals surface area contributed by atoms with Crippen LogP contribution in [0.1, 0.15) is 22.3 Å². The zero-order valence-corrected chi connectivity index (χ0v) is 18.8. The molecule has 2 aliphatic rings. The number of aromatic nitrogens is 4. The quantitative estimate of drug-likeness (QED) is 0.243. The van der Waals surface area contributed by atoms with Gasteiger partial charge in [0.05, 0.1) is 17.2 Å². The van der Waals surface area contributed by atoms with Gasteiger partial charge in [-0.3, -0.25) is 14.4 Å². The molecule has 4 nitrogen and oxygen atoms in total. The highest BCUT2D eigenvalue weighted by atomic mass is 15.0. The second-order valence-electron chi connectivity index (χ2n) is 9.73. The van der Waals surface area contributed by atoms with Crippen LogP contribution in [0.3, 0.4) is 0 Å². The van der Waals surface area contributed by atoms with Gasteiger partial charge < -0.3 is 0 Å². The van der Waals surface area contributed by atoms with Crippen molar-refractivity contribution in [2.45, 2.75) is 12.8 Å². The molecule has 3 aromatic carbocycles. The van der Waals surface area contributed by atoms with Gasteiger partial charge in [0, 0.05) is 34.7 Å². The number of hydrogen-bond acceptors (Lipinski definition) is 3. The van der Waals surface area contributed by atoms with E-state index in [1.807, 2.05) is 30.9 Å². The van der Waals surface area contributed by atoms with E-state index in [4.69, 9.17) is 4.98 Å². The Bertz CT molecular complexity index is 2070. The Labute approximate surface area is 200 Å². The zero-order valence-electron chi connectivity index (χ0n) is 18.8. The van der Waals surface area contributed by atoms with Crippen molar-refractivity contribution >= 4 is 38.4 Å². The summed E-state index contributed by atoms with van der Waals surface area (Å²) in [6.45, 7) is 0. The fourth-order valence-electron chi connectivity index (χ4n) is 6.52. The van der Waals surface area contributed by atoms with E-state index in [9.17, 15) is 0 Å². The van der Waals surface area contributed by atoms with Crippen LogP contribution in [-0.2, 0) is 12.8 Å². The standard InChI is InChI=1S/C31H18N4/c1-2-4-21-17(3-1)11-19-13-20-12-18-5-6-22-30(29(18)24(20)14-23(19)21)25-15-32-9-7-27(25)35-28-8-10-33-16-26(28)34-31(22)35/h1-10,13-16H,11-12H2. The van der Waals surface area contributed by atoms with Crippen LogP contribution in [0.25, 0.3) is 60.6 Å². The molecule has 0 aliphatic heterocycles. The minimum Gasteiger partial charge on any atom is -0.291 e. The summed E-state index contributed by atoms with van der Waals surface area (Å²) in [4.78, 5) is 13.9. The third-order valence-corrected chi connectivity index (χ3v) is 7.97. The Hall–Kier alpha value is -4.57. The van der Waals surface area contributed by atoms with Crippen LogP contribution in [0.15, 0.2) is 85.5 Å². The van der Waals surface area contributed by atoms with Gasteiger partial charge in [0.15, 0.2) is 0 Å². The van der Waals surface area contributed by atoms with E-state index in [2.05, 4.69) is 69.0 Å². The van der Waals surface area contributed by atoms with Crippen molar-refractivity contribution in [3.8, 4) is 22.3 Å². The summed E-state index contributed by atoms with van der Waals surface area (Å²) in [5.74, 6) is 0. The second-order valence-corrected chi connectivity index (χ2v) is 9.73. The van der Waals surface area contributed by atoms with Crippen molar-refractivity contribution in [1.29, 1.82) is 0 Å². The highest BCUT2D eigenvalue weighted by Crippen LogP contribution is 2.48. The van der Waals surface area contributed by atoms with Crippen LogP contribution in [0, 0.1) is 0 Å². The van der Waals surface area contributed by atoms with Crippen LogP contribution in [0.5, 0.6) is 0 Å². The lowest BCUT2D eigenvalue weighted by Crippen LogP contribution is -1.94. The van der Waals surface area contributed by atoms with Gasteiger partial charge in [0.2, 0.25) is 0 Å². The van der Waals surface area contributed by atoms with Crippen LogP contribution in [-0.4, -0.2) is 19.4 Å². The average Bonchev–Trinajstić information content (AvgIpc) is 3.58. The molecule has 0 saturated carbocycles. The first-order chi connectivity index (χ1) is 17.3. The van der Waals surface area contributed by atoms with Crippen molar-refractivity contribution in [2.75, 3.05) is 0 Å². The predicted octanol–water partition coefficient (Wildman–Crippen LogP) is 6.73. The molecule has 0 saturated heterocycles. The van der Waals surface area contributed by atoms with E-state index in [0.717, 1.165) is 45.8 Å². The Morgan fingerprint density at radius 2 is 1.46 bits per heavy atom. The van der Waals surface area contributed by atoms with E-state index >= 15 is 0 Å². The van der Waals surface area contributed by atoms with Gasteiger partial charge in [0.25, 0.3) is 0 Å². The minimum atomic E-state index is 0.911. The Kier molecular flexibility index (Phi) is 3.11. The van der Waals surface area contributed by atoms with Crippen molar-refractivity contribution < 1.29 is 0 Å². The van der Waals surface area contributed by atoms with Gasteiger partial charge in [-0.25, -0.2) is 4.98 Å². The van der Waals surface area contributed by atoms with Crippen LogP contribution >= 0.6 is 0 Å². The van der Waals surface area contributed by atoms with Gasteiger partial charge in [0.1, 0.15) is 11.2 Å². The first-order valence-corrected chi connectivity index (χ1v) is 12.0. The molecule has 2 aliphatic carbocycles. The summed E-state index contributed by atoms with van der Waals surface area (Å²) in [6, 6.07) is 22.4. The second kappa shape index (κ2) is 6.10. The van der Waals surface area contributed by atoms with Crippen molar-refractivity contribution in [1.82, 2.24) is 19.4 Å². The topological polar surface area (TPSA) is 43.1 Å². The molecule has 0 bridgehead atoms. The molecule has 0 amide bonds. The minimum absolute atomic E-state index is 0.911. The number of fused-ring (bicyclic) bond motifs is 15. The molecule has 0 unspecified atom stereocenters. The molecule has 35 heavy (non-hydrogen) atoms. The Morgan fingerprint density at radius 3 is 2.43 bits per heavy atom.